The van der Waals surface area contributed by atoms with Crippen LogP contribution in [0.1, 0.15) is 64.8 Å². The Kier molecular flexibility index (Phi) is 6.67. The third kappa shape index (κ3) is 4.94. The van der Waals surface area contributed by atoms with Gasteiger partial charge in [-0.1, -0.05) is 44.2 Å². The highest BCUT2D eigenvalue weighted by Crippen LogP contribution is 2.37. The van der Waals surface area contributed by atoms with Gasteiger partial charge in [-0.05, 0) is 52.4 Å². The van der Waals surface area contributed by atoms with Crippen molar-refractivity contribution in [3.8, 4) is 11.3 Å². The lowest BCUT2D eigenvalue weighted by molar-refractivity contribution is -0.160. The molecular formula is C27H36N4O3. The van der Waals surface area contributed by atoms with Crippen molar-refractivity contribution in [2.45, 2.75) is 66.1 Å². The number of nitrogens with zero attached hydrogens (tertiary/aromatic N) is 4. The number of piperidine rings is 1. The summed E-state index contributed by atoms with van der Waals surface area (Å²) in [5.41, 5.74) is 3.13. The standard InChI is InChI=1S/C27H36N4O3/c1-17(2)19-12-14-30(15-13-19)25-23(24(26(32)33)34-27(4,5)6)18(3)28-22-16-21(29-31(22)25)20-10-8-7-9-11-20/h7-11,16-17,19,24H,12-15H2,1-6H3,(H,32,33). The van der Waals surface area contributed by atoms with E-state index in [1.165, 1.54) is 0 Å². The lowest BCUT2D eigenvalue weighted by Gasteiger charge is -2.37. The van der Waals surface area contributed by atoms with Crippen molar-refractivity contribution in [1.82, 2.24) is 14.6 Å². The molecule has 1 unspecified atom stereocenters. The Balaban J connectivity index is 1.90. The monoisotopic (exact) mass is 464 g/mol. The van der Waals surface area contributed by atoms with E-state index in [4.69, 9.17) is 14.8 Å². The van der Waals surface area contributed by atoms with Crippen molar-refractivity contribution in [1.29, 1.82) is 0 Å². The van der Waals surface area contributed by atoms with Crippen LogP contribution in [-0.2, 0) is 9.53 Å². The molecule has 0 saturated carbocycles. The van der Waals surface area contributed by atoms with Gasteiger partial charge < -0.3 is 14.7 Å². The van der Waals surface area contributed by atoms with E-state index < -0.39 is 17.7 Å². The first-order valence-electron chi connectivity index (χ1n) is 12.2. The van der Waals surface area contributed by atoms with Crippen LogP contribution >= 0.6 is 0 Å². The molecule has 1 aliphatic heterocycles. The summed E-state index contributed by atoms with van der Waals surface area (Å²) in [6.45, 7) is 13.7. The van der Waals surface area contributed by atoms with Crippen LogP contribution in [0.15, 0.2) is 36.4 Å². The largest absolute Gasteiger partial charge is 0.479 e. The molecule has 3 aromatic rings. The molecule has 0 spiro atoms. The number of carboxylic acids is 1. The number of aryl methyl sites for hydroxylation is 1. The Labute approximate surface area is 201 Å². The van der Waals surface area contributed by atoms with Crippen LogP contribution in [0, 0.1) is 18.8 Å². The van der Waals surface area contributed by atoms with Crippen molar-refractivity contribution < 1.29 is 14.6 Å². The number of carboxylic acid groups (broad SMARTS) is 1. The second-order valence-corrected chi connectivity index (χ2v) is 10.6. The number of anilines is 1. The van der Waals surface area contributed by atoms with Gasteiger partial charge in [0.05, 0.1) is 16.9 Å². The zero-order valence-corrected chi connectivity index (χ0v) is 21.1. The van der Waals surface area contributed by atoms with Crippen molar-refractivity contribution >= 4 is 17.4 Å². The Bertz CT molecular complexity index is 1160. The number of fused-ring (bicyclic) bond motifs is 1. The van der Waals surface area contributed by atoms with Gasteiger partial charge in [0.1, 0.15) is 5.82 Å². The highest BCUT2D eigenvalue weighted by molar-refractivity contribution is 5.79. The van der Waals surface area contributed by atoms with Crippen LogP contribution in [0.5, 0.6) is 0 Å². The zero-order chi connectivity index (χ0) is 24.6. The van der Waals surface area contributed by atoms with Crippen molar-refractivity contribution in [3.63, 3.8) is 0 Å². The molecule has 3 heterocycles. The minimum absolute atomic E-state index is 0.584. The maximum Gasteiger partial charge on any atom is 0.337 e. The second kappa shape index (κ2) is 9.37. The number of carbonyl (C=O) groups is 1. The van der Waals surface area contributed by atoms with Gasteiger partial charge in [0, 0.05) is 30.4 Å². The second-order valence-electron chi connectivity index (χ2n) is 10.6. The number of hydrogen-bond acceptors (Lipinski definition) is 5. The average molecular weight is 465 g/mol. The highest BCUT2D eigenvalue weighted by Gasteiger charge is 2.35. The van der Waals surface area contributed by atoms with Gasteiger partial charge in [0.15, 0.2) is 11.8 Å². The number of aliphatic carboxylic acids is 1. The van der Waals surface area contributed by atoms with Gasteiger partial charge >= 0.3 is 5.97 Å². The molecule has 1 saturated heterocycles. The lowest BCUT2D eigenvalue weighted by atomic mass is 9.86. The molecule has 7 nitrogen and oxygen atoms in total. The van der Waals surface area contributed by atoms with E-state index in [9.17, 15) is 9.90 Å². The van der Waals surface area contributed by atoms with Gasteiger partial charge in [-0.15, -0.1) is 0 Å². The lowest BCUT2D eigenvalue weighted by Crippen LogP contribution is -2.38. The normalized spacial score (nSPS) is 16.4. The zero-order valence-electron chi connectivity index (χ0n) is 21.1. The Morgan fingerprint density at radius 3 is 2.35 bits per heavy atom. The van der Waals surface area contributed by atoms with E-state index in [0.717, 1.165) is 43.0 Å². The van der Waals surface area contributed by atoms with Crippen LogP contribution in [0.4, 0.5) is 5.82 Å². The SMILES string of the molecule is Cc1nc2cc(-c3ccccc3)nn2c(N2CCC(C(C)C)CC2)c1C(OC(C)(C)C)C(=O)O. The summed E-state index contributed by atoms with van der Waals surface area (Å²) in [6, 6.07) is 12.0. The first kappa shape index (κ1) is 24.2. The van der Waals surface area contributed by atoms with E-state index in [-0.39, 0.29) is 0 Å². The maximum atomic E-state index is 12.5. The van der Waals surface area contributed by atoms with E-state index in [2.05, 4.69) is 18.7 Å². The fourth-order valence-corrected chi connectivity index (χ4v) is 4.84. The van der Waals surface area contributed by atoms with Gasteiger partial charge in [-0.2, -0.15) is 9.61 Å². The van der Waals surface area contributed by atoms with E-state index in [1.54, 1.807) is 0 Å². The molecule has 0 bridgehead atoms. The van der Waals surface area contributed by atoms with Gasteiger partial charge in [0.25, 0.3) is 0 Å². The molecule has 2 aromatic heterocycles. The average Bonchev–Trinajstić information content (AvgIpc) is 3.20. The van der Waals surface area contributed by atoms with E-state index >= 15 is 0 Å². The topological polar surface area (TPSA) is 80.0 Å². The summed E-state index contributed by atoms with van der Waals surface area (Å²) < 4.78 is 7.91. The van der Waals surface area contributed by atoms with Gasteiger partial charge in [-0.25, -0.2) is 9.78 Å². The molecule has 7 heteroatoms. The predicted octanol–water partition coefficient (Wildman–Crippen LogP) is 5.52. The summed E-state index contributed by atoms with van der Waals surface area (Å²) in [6.07, 6.45) is 0.981. The minimum Gasteiger partial charge on any atom is -0.479 e. The van der Waals surface area contributed by atoms with E-state index in [1.807, 2.05) is 68.6 Å². The quantitative estimate of drug-likeness (QED) is 0.518. The van der Waals surface area contributed by atoms with Crippen LogP contribution < -0.4 is 4.90 Å². The number of rotatable bonds is 6. The highest BCUT2D eigenvalue weighted by atomic mass is 16.5. The number of benzene rings is 1. The molecular weight excluding hydrogens is 428 g/mol. The molecule has 1 aliphatic rings. The predicted molar refractivity (Wildman–Crippen MR) is 134 cm³/mol. The first-order chi connectivity index (χ1) is 16.0. The van der Waals surface area contributed by atoms with Crippen LogP contribution in [-0.4, -0.2) is 44.4 Å². The third-order valence-corrected chi connectivity index (χ3v) is 6.61. The molecule has 1 fully saturated rings. The molecule has 182 valence electrons. The molecule has 0 radical (unpaired) electrons. The summed E-state index contributed by atoms with van der Waals surface area (Å²) >= 11 is 0. The third-order valence-electron chi connectivity index (χ3n) is 6.61. The Morgan fingerprint density at radius 1 is 1.15 bits per heavy atom. The van der Waals surface area contributed by atoms with Crippen molar-refractivity contribution in [2.75, 3.05) is 18.0 Å². The summed E-state index contributed by atoms with van der Waals surface area (Å²) in [5.74, 6) is 1.05. The molecule has 1 atom stereocenters. The molecule has 0 aliphatic carbocycles. The molecule has 34 heavy (non-hydrogen) atoms. The Morgan fingerprint density at radius 2 is 1.79 bits per heavy atom. The molecule has 0 amide bonds. The number of aromatic nitrogens is 3. The first-order valence-corrected chi connectivity index (χ1v) is 12.2. The van der Waals surface area contributed by atoms with Crippen molar-refractivity contribution in [3.05, 3.63) is 47.7 Å². The summed E-state index contributed by atoms with van der Waals surface area (Å²) in [5, 5.41) is 15.1. The Hall–Kier alpha value is -2.93. The molecule has 1 aromatic carbocycles. The minimum atomic E-state index is -1.14. The molecule has 4 rings (SSSR count). The number of ether oxygens (including phenoxy) is 1. The molecule has 1 N–H and O–H groups in total. The summed E-state index contributed by atoms with van der Waals surface area (Å²) in [4.78, 5) is 19.5. The van der Waals surface area contributed by atoms with Crippen LogP contribution in [0.2, 0.25) is 0 Å². The van der Waals surface area contributed by atoms with Crippen LogP contribution in [0.3, 0.4) is 0 Å². The maximum absolute atomic E-state index is 12.5. The van der Waals surface area contributed by atoms with Gasteiger partial charge in [0.2, 0.25) is 0 Å². The number of hydrogen-bond donors (Lipinski definition) is 1. The van der Waals surface area contributed by atoms with Crippen molar-refractivity contribution in [2.24, 2.45) is 11.8 Å². The summed E-state index contributed by atoms with van der Waals surface area (Å²) in [7, 11) is 0. The van der Waals surface area contributed by atoms with Crippen LogP contribution in [0.25, 0.3) is 16.9 Å². The fraction of sp³-hybridized carbons (Fsp3) is 0.519. The van der Waals surface area contributed by atoms with E-state index in [0.29, 0.717) is 28.7 Å². The van der Waals surface area contributed by atoms with Gasteiger partial charge in [-0.3, -0.25) is 0 Å². The smallest absolute Gasteiger partial charge is 0.337 e. The fourth-order valence-electron chi connectivity index (χ4n) is 4.84.